The zero-order chi connectivity index (χ0) is 18.4. The molecule has 134 valence electrons. The van der Waals surface area contributed by atoms with Gasteiger partial charge in [-0.15, -0.1) is 0 Å². The van der Waals surface area contributed by atoms with Crippen LogP contribution in [-0.2, 0) is 16.0 Å². The lowest BCUT2D eigenvalue weighted by atomic mass is 9.91. The topological polar surface area (TPSA) is 84.2 Å². The Hall–Kier alpha value is -2.63. The molecule has 0 aliphatic heterocycles. The van der Waals surface area contributed by atoms with E-state index in [4.69, 9.17) is 4.52 Å². The molecule has 6 nitrogen and oxygen atoms in total. The maximum atomic E-state index is 12.6. The summed E-state index contributed by atoms with van der Waals surface area (Å²) in [4.78, 5) is 24.9. The van der Waals surface area contributed by atoms with E-state index >= 15 is 0 Å². The average Bonchev–Trinajstić information content (AvgIpc) is 2.91. The van der Waals surface area contributed by atoms with E-state index in [1.54, 1.807) is 13.0 Å². The molecule has 6 heteroatoms. The van der Waals surface area contributed by atoms with E-state index in [-0.39, 0.29) is 17.2 Å². The number of hydrogen-bond acceptors (Lipinski definition) is 4. The number of aromatic nitrogens is 1. The number of hydrogen-bond donors (Lipinski definition) is 2. The summed E-state index contributed by atoms with van der Waals surface area (Å²) in [5.41, 5.74) is 0.816. The van der Waals surface area contributed by atoms with Gasteiger partial charge in [0, 0.05) is 18.9 Å². The monoisotopic (exact) mass is 343 g/mol. The van der Waals surface area contributed by atoms with Gasteiger partial charge in [-0.1, -0.05) is 56.3 Å². The zero-order valence-corrected chi connectivity index (χ0v) is 15.1. The Morgan fingerprint density at radius 2 is 1.88 bits per heavy atom. The third kappa shape index (κ3) is 6.41. The normalized spacial score (nSPS) is 12.5. The van der Waals surface area contributed by atoms with E-state index in [1.165, 1.54) is 0 Å². The Balaban J connectivity index is 2.10. The molecule has 2 aromatic rings. The van der Waals surface area contributed by atoms with Crippen LogP contribution >= 0.6 is 0 Å². The van der Waals surface area contributed by atoms with E-state index in [2.05, 4.69) is 15.8 Å². The van der Waals surface area contributed by atoms with Crippen molar-refractivity contribution in [1.29, 1.82) is 0 Å². The lowest BCUT2D eigenvalue weighted by Crippen LogP contribution is -2.46. The number of rotatable bonds is 6. The highest BCUT2D eigenvalue weighted by atomic mass is 16.5. The van der Waals surface area contributed by atoms with Crippen molar-refractivity contribution in [2.45, 2.75) is 46.6 Å². The molecule has 0 saturated carbocycles. The van der Waals surface area contributed by atoms with E-state index in [0.717, 1.165) is 5.56 Å². The fourth-order valence-electron chi connectivity index (χ4n) is 2.42. The third-order valence-electron chi connectivity index (χ3n) is 3.50. The molecule has 0 saturated heterocycles. The quantitative estimate of drug-likeness (QED) is 0.844. The maximum Gasteiger partial charge on any atom is 0.248 e. The van der Waals surface area contributed by atoms with Crippen LogP contribution in [0.2, 0.25) is 0 Å². The molecule has 0 radical (unpaired) electrons. The third-order valence-corrected chi connectivity index (χ3v) is 3.50. The van der Waals surface area contributed by atoms with Crippen molar-refractivity contribution < 1.29 is 14.1 Å². The SMILES string of the molecule is Cc1cc(NC(=O)C(Cc2ccccc2)NC(=O)CC(C)(C)C)no1. The minimum Gasteiger partial charge on any atom is -0.360 e. The summed E-state index contributed by atoms with van der Waals surface area (Å²) in [5.74, 6) is 0.469. The number of amides is 2. The molecule has 0 aliphatic rings. The molecule has 0 bridgehead atoms. The summed E-state index contributed by atoms with van der Waals surface area (Å²) in [6.45, 7) is 7.69. The molecule has 0 fully saturated rings. The second kappa shape index (κ2) is 7.96. The van der Waals surface area contributed by atoms with Crippen LogP contribution in [0.1, 0.15) is 38.5 Å². The van der Waals surface area contributed by atoms with Gasteiger partial charge in [0.05, 0.1) is 0 Å². The average molecular weight is 343 g/mol. The standard InChI is InChI=1S/C19H25N3O3/c1-13-10-16(22-25-13)21-18(24)15(11-14-8-6-5-7-9-14)20-17(23)12-19(2,3)4/h5-10,15H,11-12H2,1-4H3,(H,20,23)(H,21,22,24). The predicted octanol–water partition coefficient (Wildman–Crippen LogP) is 3.09. The second-order valence-electron chi connectivity index (χ2n) is 7.36. The van der Waals surface area contributed by atoms with Crippen LogP contribution in [0.5, 0.6) is 0 Å². The van der Waals surface area contributed by atoms with Gasteiger partial charge in [-0.05, 0) is 17.9 Å². The maximum absolute atomic E-state index is 12.6. The molecule has 2 rings (SSSR count). The number of nitrogens with zero attached hydrogens (tertiary/aromatic N) is 1. The van der Waals surface area contributed by atoms with E-state index < -0.39 is 6.04 Å². The summed E-state index contributed by atoms with van der Waals surface area (Å²) >= 11 is 0. The van der Waals surface area contributed by atoms with Gasteiger partial charge in [0.15, 0.2) is 5.82 Å². The van der Waals surface area contributed by atoms with Gasteiger partial charge in [0.25, 0.3) is 0 Å². The van der Waals surface area contributed by atoms with Gasteiger partial charge in [-0.3, -0.25) is 9.59 Å². The first kappa shape index (κ1) is 18.7. The summed E-state index contributed by atoms with van der Waals surface area (Å²) in [7, 11) is 0. The summed E-state index contributed by atoms with van der Waals surface area (Å²) in [6, 6.07) is 10.5. The zero-order valence-electron chi connectivity index (χ0n) is 15.1. The van der Waals surface area contributed by atoms with Crippen LogP contribution in [0.25, 0.3) is 0 Å². The molecule has 1 unspecified atom stereocenters. The predicted molar refractivity (Wildman–Crippen MR) is 96.0 cm³/mol. The molecule has 25 heavy (non-hydrogen) atoms. The smallest absolute Gasteiger partial charge is 0.248 e. The molecule has 1 atom stereocenters. The fraction of sp³-hybridized carbons (Fsp3) is 0.421. The van der Waals surface area contributed by atoms with E-state index in [0.29, 0.717) is 24.4 Å². The Kier molecular flexibility index (Phi) is 5.96. The van der Waals surface area contributed by atoms with Gasteiger partial charge >= 0.3 is 0 Å². The van der Waals surface area contributed by atoms with Crippen LogP contribution < -0.4 is 10.6 Å². The van der Waals surface area contributed by atoms with Crippen molar-refractivity contribution in [1.82, 2.24) is 10.5 Å². The molecular weight excluding hydrogens is 318 g/mol. The van der Waals surface area contributed by atoms with Crippen LogP contribution in [-0.4, -0.2) is 23.0 Å². The molecular formula is C19H25N3O3. The molecule has 1 heterocycles. The van der Waals surface area contributed by atoms with Crippen LogP contribution in [0.4, 0.5) is 5.82 Å². The lowest BCUT2D eigenvalue weighted by Gasteiger charge is -2.22. The van der Waals surface area contributed by atoms with Crippen LogP contribution in [0.3, 0.4) is 0 Å². The molecule has 2 amide bonds. The number of benzene rings is 1. The highest BCUT2D eigenvalue weighted by Crippen LogP contribution is 2.18. The van der Waals surface area contributed by atoms with Gasteiger partial charge < -0.3 is 15.2 Å². The molecule has 0 spiro atoms. The van der Waals surface area contributed by atoms with Crippen LogP contribution in [0.15, 0.2) is 40.9 Å². The minimum atomic E-state index is -0.686. The number of carbonyl (C=O) groups excluding carboxylic acids is 2. The van der Waals surface area contributed by atoms with E-state index in [9.17, 15) is 9.59 Å². The summed E-state index contributed by atoms with van der Waals surface area (Å²) < 4.78 is 4.96. The lowest BCUT2D eigenvalue weighted by molar-refractivity contribution is -0.127. The first-order valence-corrected chi connectivity index (χ1v) is 8.30. The fourth-order valence-corrected chi connectivity index (χ4v) is 2.42. The molecule has 1 aromatic carbocycles. The number of aryl methyl sites for hydroxylation is 1. The Morgan fingerprint density at radius 1 is 1.20 bits per heavy atom. The van der Waals surface area contributed by atoms with Crippen molar-refractivity contribution >= 4 is 17.6 Å². The summed E-state index contributed by atoms with van der Waals surface area (Å²) in [6.07, 6.45) is 0.744. The minimum absolute atomic E-state index is 0.152. The van der Waals surface area contributed by atoms with Crippen molar-refractivity contribution in [2.75, 3.05) is 5.32 Å². The Labute approximate surface area is 148 Å². The molecule has 1 aromatic heterocycles. The number of carbonyl (C=O) groups is 2. The summed E-state index contributed by atoms with van der Waals surface area (Å²) in [5, 5.41) is 9.30. The molecule has 0 aliphatic carbocycles. The number of nitrogens with one attached hydrogen (secondary N) is 2. The largest absolute Gasteiger partial charge is 0.360 e. The van der Waals surface area contributed by atoms with Crippen LogP contribution in [0, 0.1) is 12.3 Å². The first-order chi connectivity index (χ1) is 11.7. The van der Waals surface area contributed by atoms with Gasteiger partial charge in [-0.2, -0.15) is 0 Å². The van der Waals surface area contributed by atoms with Crippen molar-refractivity contribution in [3.8, 4) is 0 Å². The van der Waals surface area contributed by atoms with Crippen molar-refractivity contribution in [3.05, 3.63) is 47.7 Å². The van der Waals surface area contributed by atoms with Gasteiger partial charge in [-0.25, -0.2) is 0 Å². The Bertz CT molecular complexity index is 717. The highest BCUT2D eigenvalue weighted by molar-refractivity contribution is 5.96. The second-order valence-corrected chi connectivity index (χ2v) is 7.36. The van der Waals surface area contributed by atoms with Crippen molar-refractivity contribution in [2.24, 2.45) is 5.41 Å². The van der Waals surface area contributed by atoms with Crippen molar-refractivity contribution in [3.63, 3.8) is 0 Å². The first-order valence-electron chi connectivity index (χ1n) is 8.30. The number of anilines is 1. The highest BCUT2D eigenvalue weighted by Gasteiger charge is 2.24. The molecule has 2 N–H and O–H groups in total. The van der Waals surface area contributed by atoms with E-state index in [1.807, 2.05) is 51.1 Å². The van der Waals surface area contributed by atoms with Gasteiger partial charge in [0.2, 0.25) is 11.8 Å². The Morgan fingerprint density at radius 3 is 2.44 bits per heavy atom. The van der Waals surface area contributed by atoms with Gasteiger partial charge in [0.1, 0.15) is 11.8 Å².